The number of benzene rings is 2. The van der Waals surface area contributed by atoms with Crippen LogP contribution in [0, 0.1) is 13.8 Å². The van der Waals surface area contributed by atoms with Gasteiger partial charge in [0.05, 0.1) is 10.4 Å². The van der Waals surface area contributed by atoms with Gasteiger partial charge < -0.3 is 10.4 Å². The van der Waals surface area contributed by atoms with Gasteiger partial charge in [0.15, 0.2) is 5.16 Å². The fourth-order valence-electron chi connectivity index (χ4n) is 3.12. The van der Waals surface area contributed by atoms with Crippen molar-refractivity contribution in [2.75, 3.05) is 0 Å². The summed E-state index contributed by atoms with van der Waals surface area (Å²) in [5.41, 5.74) is 3.15. The Bertz CT molecular complexity index is 1090. The SMILES string of the molecule is Cc1ccc(-n2c(C)cnc2SC(C)(C)C(=O)NC(C)C(=O)O)c2ccccc12. The first-order chi connectivity index (χ1) is 13.6. The maximum absolute atomic E-state index is 12.7. The lowest BCUT2D eigenvalue weighted by atomic mass is 10.0. The normalized spacial score (nSPS) is 12.7. The largest absolute Gasteiger partial charge is 0.480 e. The van der Waals surface area contributed by atoms with E-state index in [1.165, 1.54) is 29.6 Å². The van der Waals surface area contributed by atoms with Crippen LogP contribution >= 0.6 is 11.8 Å². The molecule has 0 saturated carbocycles. The lowest BCUT2D eigenvalue weighted by molar-refractivity contribution is -0.141. The Balaban J connectivity index is 2.00. The highest BCUT2D eigenvalue weighted by molar-refractivity contribution is 8.01. The number of thioether (sulfide) groups is 1. The number of carboxylic acids is 1. The number of amides is 1. The molecule has 2 aromatic carbocycles. The van der Waals surface area contributed by atoms with E-state index in [9.17, 15) is 9.59 Å². The molecule has 1 atom stereocenters. The monoisotopic (exact) mass is 411 g/mol. The quantitative estimate of drug-likeness (QED) is 0.597. The second-order valence-corrected chi connectivity index (χ2v) is 9.20. The zero-order chi connectivity index (χ0) is 21.3. The van der Waals surface area contributed by atoms with E-state index in [1.807, 2.05) is 23.6 Å². The highest BCUT2D eigenvalue weighted by atomic mass is 32.2. The summed E-state index contributed by atoms with van der Waals surface area (Å²) in [6.45, 7) is 9.04. The van der Waals surface area contributed by atoms with E-state index in [4.69, 9.17) is 5.11 Å². The Labute approximate surface area is 174 Å². The number of aromatic nitrogens is 2. The number of aliphatic carboxylic acids is 1. The van der Waals surface area contributed by atoms with Crippen LogP contribution in [0.1, 0.15) is 32.0 Å². The molecule has 29 heavy (non-hydrogen) atoms. The molecule has 1 amide bonds. The maximum Gasteiger partial charge on any atom is 0.325 e. The summed E-state index contributed by atoms with van der Waals surface area (Å²) in [4.78, 5) is 28.3. The number of aryl methyl sites for hydroxylation is 2. The molecule has 0 saturated heterocycles. The van der Waals surface area contributed by atoms with Crippen LogP contribution in [-0.2, 0) is 9.59 Å². The van der Waals surface area contributed by atoms with Crippen molar-refractivity contribution in [2.45, 2.75) is 50.6 Å². The molecule has 0 bridgehead atoms. The summed E-state index contributed by atoms with van der Waals surface area (Å²) in [7, 11) is 0. The van der Waals surface area contributed by atoms with Crippen molar-refractivity contribution in [3.8, 4) is 5.69 Å². The molecule has 0 spiro atoms. The van der Waals surface area contributed by atoms with Gasteiger partial charge in [0.1, 0.15) is 6.04 Å². The first-order valence-electron chi connectivity index (χ1n) is 9.37. The van der Waals surface area contributed by atoms with Crippen LogP contribution in [0.3, 0.4) is 0 Å². The van der Waals surface area contributed by atoms with Gasteiger partial charge in [-0.15, -0.1) is 0 Å². The van der Waals surface area contributed by atoms with Gasteiger partial charge in [0.25, 0.3) is 0 Å². The van der Waals surface area contributed by atoms with E-state index >= 15 is 0 Å². The Morgan fingerprint density at radius 3 is 2.45 bits per heavy atom. The molecule has 3 aromatic rings. The molecule has 0 aliphatic heterocycles. The topological polar surface area (TPSA) is 84.2 Å². The van der Waals surface area contributed by atoms with E-state index in [0.29, 0.717) is 5.16 Å². The van der Waals surface area contributed by atoms with E-state index < -0.39 is 16.8 Å². The molecule has 3 rings (SSSR count). The van der Waals surface area contributed by atoms with Crippen molar-refractivity contribution in [2.24, 2.45) is 0 Å². The predicted octanol–water partition coefficient (Wildman–Crippen LogP) is 4.10. The number of carboxylic acid groups (broad SMARTS) is 1. The standard InChI is InChI=1S/C22H25N3O3S/c1-13-10-11-18(17-9-7-6-8-16(13)17)25-14(2)12-23-21(25)29-22(4,5)20(28)24-15(3)19(26)27/h6-12,15H,1-5H3,(H,24,28)(H,26,27). The van der Waals surface area contributed by atoms with Crippen LogP contribution in [-0.4, -0.2) is 37.3 Å². The average molecular weight is 412 g/mol. The third kappa shape index (κ3) is 4.15. The van der Waals surface area contributed by atoms with Gasteiger partial charge in [0, 0.05) is 17.3 Å². The van der Waals surface area contributed by atoms with Crippen LogP contribution in [0.2, 0.25) is 0 Å². The Hall–Kier alpha value is -2.80. The van der Waals surface area contributed by atoms with Gasteiger partial charge in [-0.2, -0.15) is 0 Å². The smallest absolute Gasteiger partial charge is 0.325 e. The van der Waals surface area contributed by atoms with Crippen molar-refractivity contribution in [1.29, 1.82) is 0 Å². The average Bonchev–Trinajstić information content (AvgIpc) is 3.01. The molecule has 6 nitrogen and oxygen atoms in total. The van der Waals surface area contributed by atoms with Crippen LogP contribution in [0.25, 0.3) is 16.5 Å². The van der Waals surface area contributed by atoms with Crippen molar-refractivity contribution >= 4 is 34.4 Å². The summed E-state index contributed by atoms with van der Waals surface area (Å²) in [6, 6.07) is 11.4. The van der Waals surface area contributed by atoms with Gasteiger partial charge in [-0.1, -0.05) is 42.1 Å². The molecular formula is C22H25N3O3S. The lowest BCUT2D eigenvalue weighted by Gasteiger charge is -2.24. The second kappa shape index (κ2) is 7.91. The summed E-state index contributed by atoms with van der Waals surface area (Å²) < 4.78 is 1.14. The molecule has 7 heteroatoms. The molecule has 1 aromatic heterocycles. The van der Waals surface area contributed by atoms with Crippen molar-refractivity contribution in [3.05, 3.63) is 53.9 Å². The maximum atomic E-state index is 12.7. The van der Waals surface area contributed by atoms with Crippen LogP contribution in [0.15, 0.2) is 47.8 Å². The van der Waals surface area contributed by atoms with Gasteiger partial charge in [-0.3, -0.25) is 14.2 Å². The van der Waals surface area contributed by atoms with Crippen molar-refractivity contribution in [3.63, 3.8) is 0 Å². The van der Waals surface area contributed by atoms with E-state index in [1.54, 1.807) is 20.0 Å². The van der Waals surface area contributed by atoms with Crippen LogP contribution in [0.4, 0.5) is 0 Å². The van der Waals surface area contributed by atoms with Crippen molar-refractivity contribution in [1.82, 2.24) is 14.9 Å². The highest BCUT2D eigenvalue weighted by Crippen LogP contribution is 2.36. The number of hydrogen-bond acceptors (Lipinski definition) is 4. The number of imidazole rings is 1. The summed E-state index contributed by atoms with van der Waals surface area (Å²) >= 11 is 1.31. The molecule has 2 N–H and O–H groups in total. The number of fused-ring (bicyclic) bond motifs is 1. The van der Waals surface area contributed by atoms with Gasteiger partial charge in [-0.25, -0.2) is 4.98 Å². The first kappa shape index (κ1) is 20.9. The third-order valence-corrected chi connectivity index (χ3v) is 6.04. The molecule has 1 unspecified atom stereocenters. The number of hydrogen-bond donors (Lipinski definition) is 2. The summed E-state index contributed by atoms with van der Waals surface area (Å²) in [5, 5.41) is 14.6. The van der Waals surface area contributed by atoms with E-state index in [0.717, 1.165) is 16.8 Å². The molecule has 152 valence electrons. The third-order valence-electron chi connectivity index (χ3n) is 4.88. The first-order valence-corrected chi connectivity index (χ1v) is 10.2. The van der Waals surface area contributed by atoms with Gasteiger partial charge >= 0.3 is 5.97 Å². The Morgan fingerprint density at radius 2 is 1.79 bits per heavy atom. The number of carbonyl (C=O) groups excluding carboxylic acids is 1. The molecule has 0 aliphatic rings. The minimum atomic E-state index is -1.07. The predicted molar refractivity (Wildman–Crippen MR) is 116 cm³/mol. The number of nitrogens with one attached hydrogen (secondary N) is 1. The fraction of sp³-hybridized carbons (Fsp3) is 0.318. The molecular weight excluding hydrogens is 386 g/mol. The lowest BCUT2D eigenvalue weighted by Crippen LogP contribution is -2.47. The van der Waals surface area contributed by atoms with E-state index in [2.05, 4.69) is 41.5 Å². The number of nitrogens with zero attached hydrogens (tertiary/aromatic N) is 2. The zero-order valence-corrected chi connectivity index (χ0v) is 18.0. The minimum absolute atomic E-state index is 0.349. The van der Waals surface area contributed by atoms with Gasteiger partial charge in [-0.05, 0) is 51.6 Å². The summed E-state index contributed by atoms with van der Waals surface area (Å²) in [5.74, 6) is -1.42. The van der Waals surface area contributed by atoms with Crippen LogP contribution < -0.4 is 5.32 Å². The zero-order valence-electron chi connectivity index (χ0n) is 17.2. The Morgan fingerprint density at radius 1 is 1.14 bits per heavy atom. The second-order valence-electron chi connectivity index (χ2n) is 7.61. The molecule has 0 radical (unpaired) electrons. The number of rotatable bonds is 6. The number of carbonyl (C=O) groups is 2. The van der Waals surface area contributed by atoms with Gasteiger partial charge in [0.2, 0.25) is 5.91 Å². The minimum Gasteiger partial charge on any atom is -0.480 e. The highest BCUT2D eigenvalue weighted by Gasteiger charge is 2.33. The Kier molecular flexibility index (Phi) is 5.71. The summed E-state index contributed by atoms with van der Waals surface area (Å²) in [6.07, 6.45) is 1.78. The molecule has 1 heterocycles. The van der Waals surface area contributed by atoms with Crippen molar-refractivity contribution < 1.29 is 14.7 Å². The fourth-order valence-corrected chi connectivity index (χ4v) is 4.16. The molecule has 0 aliphatic carbocycles. The van der Waals surface area contributed by atoms with E-state index in [-0.39, 0.29) is 5.91 Å². The molecule has 0 fully saturated rings. The van der Waals surface area contributed by atoms with Crippen LogP contribution in [0.5, 0.6) is 0 Å².